The average Bonchev–Trinajstić information content (AvgIpc) is 2.54. The van der Waals surface area contributed by atoms with E-state index >= 15 is 0 Å². The number of hydrogen-bond acceptors (Lipinski definition) is 2. The molecular formula is C19H17NO. The quantitative estimate of drug-likeness (QED) is 0.736. The standard InChI is InChI=1S/C19H17NO/c21-19(11-10-14-5-1-2-6-15(14)13-19)17-8-3-9-18-16(17)7-4-12-20-18/h1-9,12,21H,10-11,13H2. The van der Waals surface area contributed by atoms with E-state index in [1.807, 2.05) is 24.3 Å². The Morgan fingerprint density at radius 3 is 2.67 bits per heavy atom. The summed E-state index contributed by atoms with van der Waals surface area (Å²) in [5, 5.41) is 12.3. The number of pyridine rings is 1. The first kappa shape index (κ1) is 12.5. The van der Waals surface area contributed by atoms with Crippen molar-refractivity contribution in [3.8, 4) is 0 Å². The summed E-state index contributed by atoms with van der Waals surface area (Å²) in [6.07, 6.45) is 4.16. The van der Waals surface area contributed by atoms with E-state index in [1.165, 1.54) is 11.1 Å². The molecule has 2 aromatic carbocycles. The number of hydrogen-bond donors (Lipinski definition) is 1. The normalized spacial score (nSPS) is 21.2. The van der Waals surface area contributed by atoms with E-state index in [1.54, 1.807) is 6.20 Å². The number of benzene rings is 2. The number of rotatable bonds is 1. The van der Waals surface area contributed by atoms with Crippen molar-refractivity contribution in [2.45, 2.75) is 24.9 Å². The summed E-state index contributed by atoms with van der Waals surface area (Å²) in [5.74, 6) is 0. The Kier molecular flexibility index (Phi) is 2.79. The molecule has 0 bridgehead atoms. The van der Waals surface area contributed by atoms with Gasteiger partial charge >= 0.3 is 0 Å². The fraction of sp³-hybridized carbons (Fsp3) is 0.211. The Balaban J connectivity index is 1.85. The van der Waals surface area contributed by atoms with Crippen molar-refractivity contribution in [2.24, 2.45) is 0 Å². The molecule has 2 nitrogen and oxygen atoms in total. The summed E-state index contributed by atoms with van der Waals surface area (Å²) in [7, 11) is 0. The molecule has 3 aromatic rings. The topological polar surface area (TPSA) is 33.1 Å². The van der Waals surface area contributed by atoms with Crippen LogP contribution in [-0.2, 0) is 18.4 Å². The summed E-state index contributed by atoms with van der Waals surface area (Å²) in [6.45, 7) is 0. The third-order valence-corrected chi connectivity index (χ3v) is 4.56. The van der Waals surface area contributed by atoms with Gasteiger partial charge in [0.15, 0.2) is 0 Å². The zero-order valence-electron chi connectivity index (χ0n) is 11.8. The zero-order valence-corrected chi connectivity index (χ0v) is 11.8. The number of aromatic nitrogens is 1. The van der Waals surface area contributed by atoms with Crippen LogP contribution in [0.5, 0.6) is 0 Å². The lowest BCUT2D eigenvalue weighted by Crippen LogP contribution is -2.33. The second-order valence-corrected chi connectivity index (χ2v) is 5.85. The van der Waals surface area contributed by atoms with E-state index in [0.717, 1.165) is 29.3 Å². The van der Waals surface area contributed by atoms with Gasteiger partial charge in [-0.15, -0.1) is 0 Å². The molecule has 104 valence electrons. The van der Waals surface area contributed by atoms with Crippen molar-refractivity contribution in [2.75, 3.05) is 0 Å². The molecule has 0 fully saturated rings. The fourth-order valence-electron chi connectivity index (χ4n) is 3.46. The Hall–Kier alpha value is -2.19. The molecular weight excluding hydrogens is 258 g/mol. The molecule has 0 radical (unpaired) electrons. The van der Waals surface area contributed by atoms with Crippen LogP contribution >= 0.6 is 0 Å². The highest BCUT2D eigenvalue weighted by atomic mass is 16.3. The minimum Gasteiger partial charge on any atom is -0.385 e. The molecule has 0 saturated carbocycles. The van der Waals surface area contributed by atoms with Crippen LogP contribution in [0.4, 0.5) is 0 Å². The highest BCUT2D eigenvalue weighted by Gasteiger charge is 2.34. The first-order valence-electron chi connectivity index (χ1n) is 7.40. The molecule has 0 spiro atoms. The maximum atomic E-state index is 11.3. The molecule has 1 unspecified atom stereocenters. The van der Waals surface area contributed by atoms with Gasteiger partial charge < -0.3 is 5.11 Å². The molecule has 1 N–H and O–H groups in total. The number of fused-ring (bicyclic) bond motifs is 2. The number of aliphatic hydroxyl groups is 1. The van der Waals surface area contributed by atoms with Gasteiger partial charge in [-0.3, -0.25) is 4.98 Å². The summed E-state index contributed by atoms with van der Waals surface area (Å²) >= 11 is 0. The lowest BCUT2D eigenvalue weighted by atomic mass is 9.75. The Labute approximate surface area is 124 Å². The van der Waals surface area contributed by atoms with Crippen LogP contribution in [0.2, 0.25) is 0 Å². The monoisotopic (exact) mass is 275 g/mol. The van der Waals surface area contributed by atoms with Crippen LogP contribution in [0.15, 0.2) is 60.8 Å². The molecule has 2 heteroatoms. The van der Waals surface area contributed by atoms with Crippen LogP contribution in [0.25, 0.3) is 10.9 Å². The zero-order chi connectivity index (χ0) is 14.3. The van der Waals surface area contributed by atoms with Crippen LogP contribution < -0.4 is 0 Å². The van der Waals surface area contributed by atoms with E-state index in [-0.39, 0.29) is 0 Å². The Bertz CT molecular complexity index is 806. The SMILES string of the molecule is OC1(c2cccc3ncccc23)CCc2ccccc2C1. The molecule has 0 saturated heterocycles. The molecule has 21 heavy (non-hydrogen) atoms. The molecule has 1 atom stereocenters. The van der Waals surface area contributed by atoms with Gasteiger partial charge in [0.2, 0.25) is 0 Å². The highest BCUT2D eigenvalue weighted by molar-refractivity contribution is 5.83. The minimum absolute atomic E-state index is 0.678. The van der Waals surface area contributed by atoms with E-state index in [4.69, 9.17) is 0 Å². The predicted octanol–water partition coefficient (Wildman–Crippen LogP) is 3.61. The number of aryl methyl sites for hydroxylation is 1. The van der Waals surface area contributed by atoms with Gasteiger partial charge in [-0.1, -0.05) is 42.5 Å². The average molecular weight is 275 g/mol. The molecule has 1 heterocycles. The van der Waals surface area contributed by atoms with Gasteiger partial charge in [0, 0.05) is 18.0 Å². The maximum Gasteiger partial charge on any atom is 0.0946 e. The highest BCUT2D eigenvalue weighted by Crippen LogP contribution is 2.38. The summed E-state index contributed by atoms with van der Waals surface area (Å²) < 4.78 is 0. The van der Waals surface area contributed by atoms with E-state index in [0.29, 0.717) is 6.42 Å². The van der Waals surface area contributed by atoms with Crippen LogP contribution in [0, 0.1) is 0 Å². The number of nitrogens with zero attached hydrogens (tertiary/aromatic N) is 1. The van der Waals surface area contributed by atoms with E-state index in [9.17, 15) is 5.11 Å². The van der Waals surface area contributed by atoms with Crippen LogP contribution in [0.3, 0.4) is 0 Å². The van der Waals surface area contributed by atoms with Crippen molar-refractivity contribution in [1.29, 1.82) is 0 Å². The van der Waals surface area contributed by atoms with Gasteiger partial charge in [0.1, 0.15) is 0 Å². The molecule has 1 aromatic heterocycles. The molecule has 0 amide bonds. The molecule has 1 aliphatic carbocycles. The summed E-state index contributed by atoms with van der Waals surface area (Å²) in [6, 6.07) is 18.4. The fourth-order valence-corrected chi connectivity index (χ4v) is 3.46. The molecule has 1 aliphatic rings. The van der Waals surface area contributed by atoms with Gasteiger partial charge in [-0.05, 0) is 41.7 Å². The Morgan fingerprint density at radius 2 is 1.76 bits per heavy atom. The lowest BCUT2D eigenvalue weighted by Gasteiger charge is -2.34. The molecule has 0 aliphatic heterocycles. The Morgan fingerprint density at radius 1 is 0.905 bits per heavy atom. The largest absolute Gasteiger partial charge is 0.385 e. The van der Waals surface area contributed by atoms with Crippen molar-refractivity contribution in [3.05, 3.63) is 77.5 Å². The third kappa shape index (κ3) is 2.03. The first-order chi connectivity index (χ1) is 10.3. The van der Waals surface area contributed by atoms with Gasteiger partial charge in [-0.25, -0.2) is 0 Å². The molecule has 4 rings (SSSR count). The van der Waals surface area contributed by atoms with Crippen LogP contribution in [-0.4, -0.2) is 10.1 Å². The first-order valence-corrected chi connectivity index (χ1v) is 7.40. The second kappa shape index (κ2) is 4.68. The van der Waals surface area contributed by atoms with Crippen molar-refractivity contribution >= 4 is 10.9 Å². The van der Waals surface area contributed by atoms with Crippen molar-refractivity contribution in [1.82, 2.24) is 4.98 Å². The maximum absolute atomic E-state index is 11.3. The van der Waals surface area contributed by atoms with Gasteiger partial charge in [0.05, 0.1) is 11.1 Å². The van der Waals surface area contributed by atoms with Gasteiger partial charge in [0.25, 0.3) is 0 Å². The predicted molar refractivity (Wildman–Crippen MR) is 84.1 cm³/mol. The smallest absolute Gasteiger partial charge is 0.0946 e. The van der Waals surface area contributed by atoms with Crippen molar-refractivity contribution < 1.29 is 5.11 Å². The van der Waals surface area contributed by atoms with Crippen molar-refractivity contribution in [3.63, 3.8) is 0 Å². The lowest BCUT2D eigenvalue weighted by molar-refractivity contribution is 0.0237. The third-order valence-electron chi connectivity index (χ3n) is 4.56. The van der Waals surface area contributed by atoms with Gasteiger partial charge in [-0.2, -0.15) is 0 Å². The summed E-state index contributed by atoms with van der Waals surface area (Å²) in [5.41, 5.74) is 3.77. The van der Waals surface area contributed by atoms with E-state index < -0.39 is 5.60 Å². The minimum atomic E-state index is -0.795. The summed E-state index contributed by atoms with van der Waals surface area (Å²) in [4.78, 5) is 4.40. The van der Waals surface area contributed by atoms with Crippen LogP contribution in [0.1, 0.15) is 23.1 Å². The second-order valence-electron chi connectivity index (χ2n) is 5.85. The van der Waals surface area contributed by atoms with E-state index in [2.05, 4.69) is 35.3 Å².